The second kappa shape index (κ2) is 27.4. The van der Waals surface area contributed by atoms with Crippen molar-refractivity contribution in [2.24, 2.45) is 17.6 Å². The van der Waals surface area contributed by atoms with Gasteiger partial charge in [0.05, 0.1) is 25.0 Å². The maximum Gasteiger partial charge on any atom is 0.312 e. The number of carbonyl (C=O) groups excluding carboxylic acids is 7. The topological polar surface area (TPSA) is 279 Å². The van der Waals surface area contributed by atoms with Crippen LogP contribution in [0.25, 0.3) is 0 Å². The Balaban J connectivity index is 0.0000122. The van der Waals surface area contributed by atoms with Crippen molar-refractivity contribution in [3.63, 3.8) is 0 Å². The normalized spacial score (nSPS) is 26.3. The van der Waals surface area contributed by atoms with Crippen molar-refractivity contribution in [3.8, 4) is 0 Å². The average molecular weight is 1020 g/mol. The number of hydrogen-bond donors (Lipinski definition) is 9. The second-order valence-corrected chi connectivity index (χ2v) is 20.2. The van der Waals surface area contributed by atoms with E-state index in [0.717, 1.165) is 29.8 Å². The summed E-state index contributed by atoms with van der Waals surface area (Å²) in [4.78, 5) is 90.7. The third kappa shape index (κ3) is 16.3. The highest BCUT2D eigenvalue weighted by molar-refractivity contribution is 7.99. The first-order valence-electron chi connectivity index (χ1n) is 23.3. The molecular weight excluding hydrogens is 944 g/mol. The zero-order chi connectivity index (χ0) is 49.6. The molecule has 12 atom stereocenters. The molecule has 0 saturated carbocycles. The van der Waals surface area contributed by atoms with Gasteiger partial charge in [-0.25, -0.2) is 4.79 Å². The molecule has 0 radical (unpaired) electrons. The van der Waals surface area contributed by atoms with Crippen LogP contribution in [0.5, 0.6) is 0 Å². The number of nitrogens with one attached hydrogen (secondary N) is 5. The Labute approximate surface area is 414 Å². The van der Waals surface area contributed by atoms with Crippen LogP contribution < -0.4 is 44.7 Å². The molecular formula is C46H72Cl2N8O11S. The third-order valence-electron chi connectivity index (χ3n) is 12.8. The van der Waals surface area contributed by atoms with Gasteiger partial charge in [0.1, 0.15) is 48.5 Å². The molecule has 2 saturated heterocycles. The van der Waals surface area contributed by atoms with Gasteiger partial charge in [-0.05, 0) is 63.3 Å². The second-order valence-electron chi connectivity index (χ2n) is 18.6. The minimum atomic E-state index is -1.49. The first kappa shape index (κ1) is 58.3. The number of thioether (sulfide) groups is 1. The van der Waals surface area contributed by atoms with Crippen LogP contribution in [0.4, 0.5) is 10.5 Å². The van der Waals surface area contributed by atoms with Gasteiger partial charge < -0.3 is 69.3 Å². The van der Waals surface area contributed by atoms with Crippen LogP contribution in [-0.4, -0.2) is 159 Å². The number of primary amides is 1. The molecule has 1 unspecified atom stereocenters. The van der Waals surface area contributed by atoms with Crippen LogP contribution >= 0.6 is 23.4 Å². The molecule has 0 aromatic heterocycles. The van der Waals surface area contributed by atoms with Gasteiger partial charge in [0.15, 0.2) is 6.04 Å². The Bertz CT molecular complexity index is 1900. The number of likely N-dealkylation sites (N-methyl/N-ethyl adjacent to an activating group) is 1. The van der Waals surface area contributed by atoms with E-state index in [1.807, 2.05) is 19.2 Å². The Kier molecular flexibility index (Phi) is 23.5. The number of ether oxygens (including phenoxy) is 1. The van der Waals surface area contributed by atoms with E-state index in [0.29, 0.717) is 48.8 Å². The fourth-order valence-corrected chi connectivity index (χ4v) is 10.1. The molecule has 0 bridgehead atoms. The molecule has 8 amide bonds. The van der Waals surface area contributed by atoms with Crippen LogP contribution in [0.15, 0.2) is 36.4 Å². The lowest BCUT2D eigenvalue weighted by Gasteiger charge is -2.44. The predicted molar refractivity (Wildman–Crippen MR) is 254 cm³/mol. The van der Waals surface area contributed by atoms with Gasteiger partial charge in [-0.1, -0.05) is 45.7 Å². The van der Waals surface area contributed by atoms with E-state index in [1.54, 1.807) is 39.2 Å². The smallest absolute Gasteiger partial charge is 0.312 e. The number of amides is 8. The number of unbranched alkanes of at least 4 members (excludes halogenated alkanes) is 2. The summed E-state index contributed by atoms with van der Waals surface area (Å²) in [7, 11) is 2.03. The van der Waals surface area contributed by atoms with Crippen molar-refractivity contribution in [1.82, 2.24) is 26.2 Å². The standard InChI is InChI=1S/C46H71ClN8O11S.ClH/c1-7-12-29-23-32(43(63)53-37(27(4)47)41-39(60)38(59)40(61)45(66-41)67-6)55(5,25-29)24-28-15-17-30(18-16-28)50-42(62)31(13-11-21-49-46(48)65)51-44(64)36(26(2)3)52-33(56)14-9-8-10-22-54-34(57)19-20-35(54)58;/h15-20,26-27,29,31-32,36-41,45,59-61H,7-14,21-25H2,1-6H3,(H6-,48,49,50,51,52,53,56,62,63,64,65);1H/t27-,29+,31-,32-,36-,37+,38-,39+,40+,41+,45+,55?;/m0./s1. The molecule has 68 heavy (non-hydrogen) atoms. The number of anilines is 1. The molecule has 3 aliphatic heterocycles. The first-order valence-corrected chi connectivity index (χ1v) is 25.0. The molecule has 0 spiro atoms. The number of urea groups is 1. The van der Waals surface area contributed by atoms with Crippen LogP contribution in [0.1, 0.15) is 91.0 Å². The number of alkyl halides is 1. The van der Waals surface area contributed by atoms with Crippen molar-refractivity contribution >= 4 is 70.5 Å². The maximum atomic E-state index is 14.3. The van der Waals surface area contributed by atoms with Crippen molar-refractivity contribution in [1.29, 1.82) is 0 Å². The van der Waals surface area contributed by atoms with E-state index < -0.39 is 77.2 Å². The zero-order valence-electron chi connectivity index (χ0n) is 39.8. The maximum absolute atomic E-state index is 14.3. The quantitative estimate of drug-likeness (QED) is 0.0237. The summed E-state index contributed by atoms with van der Waals surface area (Å²) in [5.41, 5.74) is 5.75. The number of nitrogens with two attached hydrogens (primary N) is 1. The molecule has 3 heterocycles. The van der Waals surface area contributed by atoms with E-state index in [9.17, 15) is 48.9 Å². The third-order valence-corrected chi connectivity index (χ3v) is 13.9. The largest absolute Gasteiger partial charge is 1.00 e. The number of nitrogens with zero attached hydrogens (tertiary/aromatic N) is 2. The van der Waals surface area contributed by atoms with Crippen molar-refractivity contribution < 1.29 is 70.5 Å². The van der Waals surface area contributed by atoms with Gasteiger partial charge in [0.2, 0.25) is 17.7 Å². The minimum Gasteiger partial charge on any atom is -1.00 e. The van der Waals surface area contributed by atoms with Crippen LogP contribution in [0.3, 0.4) is 0 Å². The van der Waals surface area contributed by atoms with Crippen LogP contribution in [0.2, 0.25) is 0 Å². The fourth-order valence-electron chi connectivity index (χ4n) is 9.18. The highest BCUT2D eigenvalue weighted by atomic mass is 35.5. The van der Waals surface area contributed by atoms with Gasteiger partial charge in [-0.15, -0.1) is 23.4 Å². The number of quaternary nitrogens is 1. The lowest BCUT2D eigenvalue weighted by atomic mass is 9.92. The summed E-state index contributed by atoms with van der Waals surface area (Å²) in [6.07, 6.45) is 3.42. The fraction of sp³-hybridized carbons (Fsp3) is 0.674. The number of likely N-dealkylation sites (tertiary alicyclic amines) is 1. The van der Waals surface area contributed by atoms with Crippen molar-refractivity contribution in [3.05, 3.63) is 42.0 Å². The van der Waals surface area contributed by atoms with E-state index in [-0.39, 0.29) is 73.8 Å². The molecule has 382 valence electrons. The van der Waals surface area contributed by atoms with E-state index in [4.69, 9.17) is 22.1 Å². The molecule has 4 rings (SSSR count). The summed E-state index contributed by atoms with van der Waals surface area (Å²) in [5.74, 6) is -2.48. The highest BCUT2D eigenvalue weighted by Crippen LogP contribution is 2.36. The number of hydrogen-bond acceptors (Lipinski definition) is 12. The van der Waals surface area contributed by atoms with Gasteiger partial charge in [0, 0.05) is 55.3 Å². The summed E-state index contributed by atoms with van der Waals surface area (Å²) in [6.45, 7) is 8.94. The summed E-state index contributed by atoms with van der Waals surface area (Å²) in [5, 5.41) is 45.3. The van der Waals surface area contributed by atoms with Crippen LogP contribution in [-0.2, 0) is 40.0 Å². The highest BCUT2D eigenvalue weighted by Gasteiger charge is 2.51. The lowest BCUT2D eigenvalue weighted by Crippen LogP contribution is -3.00. The molecule has 0 aliphatic carbocycles. The van der Waals surface area contributed by atoms with Gasteiger partial charge in [0.25, 0.3) is 17.7 Å². The molecule has 1 aromatic carbocycles. The first-order chi connectivity index (χ1) is 31.7. The summed E-state index contributed by atoms with van der Waals surface area (Å²) < 4.78 is 6.37. The molecule has 2 fully saturated rings. The Morgan fingerprint density at radius 2 is 1.59 bits per heavy atom. The van der Waals surface area contributed by atoms with E-state index in [1.165, 1.54) is 23.9 Å². The van der Waals surface area contributed by atoms with Gasteiger partial charge in [-0.2, -0.15) is 0 Å². The minimum absolute atomic E-state index is 0. The Morgan fingerprint density at radius 3 is 2.18 bits per heavy atom. The Morgan fingerprint density at radius 1 is 0.926 bits per heavy atom. The van der Waals surface area contributed by atoms with Crippen molar-refractivity contribution in [2.45, 2.75) is 151 Å². The number of halogens is 2. The molecule has 10 N–H and O–H groups in total. The lowest BCUT2D eigenvalue weighted by molar-refractivity contribution is -0.926. The summed E-state index contributed by atoms with van der Waals surface area (Å²) in [6, 6.07) is 3.12. The van der Waals surface area contributed by atoms with Gasteiger partial charge >= 0.3 is 6.03 Å². The average Bonchev–Trinajstić information content (AvgIpc) is 3.77. The number of imide groups is 1. The van der Waals surface area contributed by atoms with E-state index in [2.05, 4.69) is 33.5 Å². The molecule has 22 heteroatoms. The molecule has 19 nitrogen and oxygen atoms in total. The monoisotopic (exact) mass is 1010 g/mol. The van der Waals surface area contributed by atoms with E-state index >= 15 is 0 Å². The predicted octanol–water partition coefficient (Wildman–Crippen LogP) is -1.39. The van der Waals surface area contributed by atoms with Crippen molar-refractivity contribution in [2.75, 3.05) is 38.3 Å². The number of rotatable bonds is 25. The number of benzene rings is 1. The molecule has 1 aromatic rings. The number of carbonyl (C=O) groups is 7. The Hall–Kier alpha value is -4.02. The van der Waals surface area contributed by atoms with Crippen LogP contribution in [0, 0.1) is 11.8 Å². The number of aliphatic hydroxyl groups excluding tert-OH is 3. The number of aliphatic hydroxyl groups is 3. The summed E-state index contributed by atoms with van der Waals surface area (Å²) >= 11 is 7.79. The van der Waals surface area contributed by atoms with Gasteiger partial charge in [-0.3, -0.25) is 33.7 Å². The SMILES string of the molecule is CCC[C@@H]1C[C@@H](C(=O)N[C@@H]([C@H]2O[C@H](SC)[C@H](O)[C@@H](O)[C@H]2O)[C@H](C)Cl)[N+](C)(Cc2ccc(NC(=O)[C@H](CCCNC(N)=O)NC(=O)[C@@H](NC(=O)CCCCCN3C(=O)C=CC3=O)C(C)C)cc2)C1.[Cl-]. The molecule has 3 aliphatic rings. The zero-order valence-corrected chi connectivity index (χ0v) is 42.2.